The molecular formula is C21H20N4O3. The molecule has 1 aliphatic rings. The van der Waals surface area contributed by atoms with Gasteiger partial charge in [0.15, 0.2) is 5.69 Å². The van der Waals surface area contributed by atoms with Crippen molar-refractivity contribution in [2.24, 2.45) is 0 Å². The fourth-order valence-corrected chi connectivity index (χ4v) is 3.58. The number of hydrogen-bond acceptors (Lipinski definition) is 4. The fraction of sp³-hybridized carbons (Fsp3) is 0.238. The maximum atomic E-state index is 12.7. The van der Waals surface area contributed by atoms with E-state index in [2.05, 4.69) is 16.0 Å². The third-order valence-electron chi connectivity index (χ3n) is 5.03. The van der Waals surface area contributed by atoms with Crippen LogP contribution in [0.15, 0.2) is 47.3 Å². The van der Waals surface area contributed by atoms with Crippen LogP contribution in [0.25, 0.3) is 10.8 Å². The monoisotopic (exact) mass is 376 g/mol. The van der Waals surface area contributed by atoms with Crippen molar-refractivity contribution in [3.05, 3.63) is 75.2 Å². The topological polar surface area (TPSA) is 93.1 Å². The highest BCUT2D eigenvalue weighted by molar-refractivity contribution is 6.06. The number of amides is 2. The first-order valence-corrected chi connectivity index (χ1v) is 9.31. The summed E-state index contributed by atoms with van der Waals surface area (Å²) in [5, 5.41) is 5.01. The van der Waals surface area contributed by atoms with Crippen LogP contribution in [-0.4, -0.2) is 21.6 Å². The zero-order chi connectivity index (χ0) is 19.7. The molecule has 0 fully saturated rings. The van der Waals surface area contributed by atoms with Gasteiger partial charge in [0.25, 0.3) is 17.4 Å². The average Bonchev–Trinajstić information content (AvgIpc) is 3.20. The summed E-state index contributed by atoms with van der Waals surface area (Å²) in [6.07, 6.45) is 3.11. The predicted octanol–water partition coefficient (Wildman–Crippen LogP) is 1.98. The van der Waals surface area contributed by atoms with Crippen molar-refractivity contribution in [1.29, 1.82) is 0 Å². The standard InChI is InChI=1S/C21H20N4O3/c1-2-25-21(28)17-9-4-3-8-16(17)18(24-25)20(27)23-22-19(26)15-11-10-13-6-5-7-14(13)12-15/h3-4,8-12H,2,5-7H2,1H3,(H,22,26)(H,23,27). The Morgan fingerprint density at radius 1 is 1.00 bits per heavy atom. The van der Waals surface area contributed by atoms with E-state index in [1.165, 1.54) is 15.8 Å². The Morgan fingerprint density at radius 2 is 1.71 bits per heavy atom. The fourth-order valence-electron chi connectivity index (χ4n) is 3.58. The van der Waals surface area contributed by atoms with Gasteiger partial charge >= 0.3 is 0 Å². The SMILES string of the molecule is CCn1nc(C(=O)NNC(=O)c2ccc3c(c2)CCC3)c2ccccc2c1=O. The Balaban J connectivity index is 1.56. The summed E-state index contributed by atoms with van der Waals surface area (Å²) in [4.78, 5) is 37.5. The molecule has 0 unspecified atom stereocenters. The number of hydrazine groups is 1. The van der Waals surface area contributed by atoms with Crippen molar-refractivity contribution in [2.75, 3.05) is 0 Å². The number of fused-ring (bicyclic) bond motifs is 2. The second-order valence-electron chi connectivity index (χ2n) is 6.76. The van der Waals surface area contributed by atoms with Crippen LogP contribution >= 0.6 is 0 Å². The van der Waals surface area contributed by atoms with Crippen LogP contribution in [0.1, 0.15) is 45.3 Å². The summed E-state index contributed by atoms with van der Waals surface area (Å²) < 4.78 is 1.24. The molecule has 2 amide bonds. The van der Waals surface area contributed by atoms with Gasteiger partial charge in [0.2, 0.25) is 0 Å². The van der Waals surface area contributed by atoms with E-state index in [1.807, 2.05) is 12.1 Å². The molecular weight excluding hydrogens is 356 g/mol. The Bertz CT molecular complexity index is 1150. The third kappa shape index (κ3) is 3.15. The molecule has 142 valence electrons. The number of carbonyl (C=O) groups is 2. The van der Waals surface area contributed by atoms with Gasteiger partial charge in [0, 0.05) is 17.5 Å². The van der Waals surface area contributed by atoms with Gasteiger partial charge in [-0.05, 0) is 55.5 Å². The van der Waals surface area contributed by atoms with Crippen LogP contribution in [-0.2, 0) is 19.4 Å². The number of nitrogens with one attached hydrogen (secondary N) is 2. The summed E-state index contributed by atoms with van der Waals surface area (Å²) >= 11 is 0. The Hall–Kier alpha value is -3.48. The van der Waals surface area contributed by atoms with Crippen molar-refractivity contribution >= 4 is 22.6 Å². The quantitative estimate of drug-likeness (QED) is 0.684. The smallest absolute Gasteiger partial charge is 0.267 e. The molecule has 0 radical (unpaired) electrons. The minimum absolute atomic E-state index is 0.0892. The number of rotatable bonds is 3. The predicted molar refractivity (Wildman–Crippen MR) is 105 cm³/mol. The largest absolute Gasteiger partial charge is 0.290 e. The molecule has 2 N–H and O–H groups in total. The molecule has 1 aliphatic carbocycles. The van der Waals surface area contributed by atoms with Crippen molar-refractivity contribution in [3.8, 4) is 0 Å². The lowest BCUT2D eigenvalue weighted by Crippen LogP contribution is -2.42. The summed E-state index contributed by atoms with van der Waals surface area (Å²) in [7, 11) is 0. The van der Waals surface area contributed by atoms with Gasteiger partial charge in [-0.25, -0.2) is 4.68 Å². The van der Waals surface area contributed by atoms with Crippen LogP contribution in [0.4, 0.5) is 0 Å². The van der Waals surface area contributed by atoms with Gasteiger partial charge in [-0.2, -0.15) is 5.10 Å². The molecule has 0 spiro atoms. The van der Waals surface area contributed by atoms with E-state index in [1.54, 1.807) is 37.3 Å². The van der Waals surface area contributed by atoms with Gasteiger partial charge in [-0.15, -0.1) is 0 Å². The normalized spacial score (nSPS) is 12.6. The molecule has 7 nitrogen and oxygen atoms in total. The average molecular weight is 376 g/mol. The van der Waals surface area contributed by atoms with Gasteiger partial charge in [0.1, 0.15) is 0 Å². The molecule has 4 rings (SSSR count). The minimum Gasteiger partial charge on any atom is -0.267 e. The van der Waals surface area contributed by atoms with E-state index in [0.29, 0.717) is 22.9 Å². The highest BCUT2D eigenvalue weighted by atomic mass is 16.2. The van der Waals surface area contributed by atoms with Gasteiger partial charge in [-0.3, -0.25) is 25.2 Å². The molecule has 7 heteroatoms. The van der Waals surface area contributed by atoms with Crippen molar-refractivity contribution < 1.29 is 9.59 Å². The second-order valence-corrected chi connectivity index (χ2v) is 6.76. The number of hydrogen-bond donors (Lipinski definition) is 2. The summed E-state index contributed by atoms with van der Waals surface area (Å²) in [5.41, 5.74) is 7.64. The number of nitrogens with zero attached hydrogens (tertiary/aromatic N) is 2. The zero-order valence-electron chi connectivity index (χ0n) is 15.5. The number of carbonyl (C=O) groups excluding carboxylic acids is 2. The molecule has 0 saturated carbocycles. The highest BCUT2D eigenvalue weighted by Gasteiger charge is 2.18. The van der Waals surface area contributed by atoms with Gasteiger partial charge in [0.05, 0.1) is 5.39 Å². The molecule has 28 heavy (non-hydrogen) atoms. The number of aromatic nitrogens is 2. The number of benzene rings is 2. The molecule has 1 heterocycles. The molecule has 3 aromatic rings. The first-order valence-electron chi connectivity index (χ1n) is 9.31. The van der Waals surface area contributed by atoms with Gasteiger partial charge < -0.3 is 0 Å². The highest BCUT2D eigenvalue weighted by Crippen LogP contribution is 2.22. The van der Waals surface area contributed by atoms with E-state index >= 15 is 0 Å². The molecule has 0 atom stereocenters. The zero-order valence-corrected chi connectivity index (χ0v) is 15.5. The maximum absolute atomic E-state index is 12.7. The first kappa shape index (κ1) is 17.9. The number of aryl methyl sites for hydroxylation is 3. The van der Waals surface area contributed by atoms with E-state index in [9.17, 15) is 14.4 Å². The Kier molecular flexibility index (Phi) is 4.65. The van der Waals surface area contributed by atoms with Crippen LogP contribution in [0.5, 0.6) is 0 Å². The van der Waals surface area contributed by atoms with E-state index in [4.69, 9.17) is 0 Å². The lowest BCUT2D eigenvalue weighted by Gasteiger charge is -2.11. The van der Waals surface area contributed by atoms with Crippen LogP contribution < -0.4 is 16.4 Å². The Morgan fingerprint density at radius 3 is 2.50 bits per heavy atom. The second kappa shape index (κ2) is 7.26. The van der Waals surface area contributed by atoms with Crippen molar-refractivity contribution in [3.63, 3.8) is 0 Å². The molecule has 1 aromatic heterocycles. The minimum atomic E-state index is -0.576. The molecule has 2 aromatic carbocycles. The van der Waals surface area contributed by atoms with E-state index in [0.717, 1.165) is 19.3 Å². The summed E-state index contributed by atoms with van der Waals surface area (Å²) in [6, 6.07) is 12.4. The molecule has 0 aliphatic heterocycles. The van der Waals surface area contributed by atoms with Crippen LogP contribution in [0.3, 0.4) is 0 Å². The van der Waals surface area contributed by atoms with Crippen molar-refractivity contribution in [1.82, 2.24) is 20.6 Å². The lowest BCUT2D eigenvalue weighted by atomic mass is 10.1. The maximum Gasteiger partial charge on any atom is 0.290 e. The molecule has 0 saturated heterocycles. The summed E-state index contributed by atoms with van der Waals surface area (Å²) in [5.74, 6) is -0.968. The Labute approximate surface area is 161 Å². The van der Waals surface area contributed by atoms with Gasteiger partial charge in [-0.1, -0.05) is 24.3 Å². The first-order chi connectivity index (χ1) is 13.6. The third-order valence-corrected chi connectivity index (χ3v) is 5.03. The van der Waals surface area contributed by atoms with E-state index < -0.39 is 11.8 Å². The summed E-state index contributed by atoms with van der Waals surface area (Å²) in [6.45, 7) is 2.12. The lowest BCUT2D eigenvalue weighted by molar-refractivity contribution is 0.0843. The van der Waals surface area contributed by atoms with Crippen molar-refractivity contribution in [2.45, 2.75) is 32.7 Å². The van der Waals surface area contributed by atoms with Crippen LogP contribution in [0, 0.1) is 0 Å². The van der Waals surface area contributed by atoms with Crippen LogP contribution in [0.2, 0.25) is 0 Å². The van der Waals surface area contributed by atoms with E-state index in [-0.39, 0.29) is 11.3 Å². The molecule has 0 bridgehead atoms.